The van der Waals surface area contributed by atoms with E-state index >= 15 is 0 Å². The summed E-state index contributed by atoms with van der Waals surface area (Å²) in [7, 11) is 0. The van der Waals surface area contributed by atoms with Gasteiger partial charge in [-0.05, 0) is 31.2 Å². The lowest BCUT2D eigenvalue weighted by Crippen LogP contribution is -2.29. The number of benzene rings is 1. The van der Waals surface area contributed by atoms with Gasteiger partial charge in [-0.2, -0.15) is 13.2 Å². The molecular formula is C13H14F3NO4. The molecule has 0 aliphatic carbocycles. The zero-order chi connectivity index (χ0) is 15.9. The van der Waals surface area contributed by atoms with Gasteiger partial charge in [-0.15, -0.1) is 0 Å². The van der Waals surface area contributed by atoms with Gasteiger partial charge in [0.25, 0.3) is 0 Å². The van der Waals surface area contributed by atoms with Crippen LogP contribution in [0.2, 0.25) is 0 Å². The lowest BCUT2D eigenvalue weighted by atomic mass is 10.2. The van der Waals surface area contributed by atoms with Gasteiger partial charge in [-0.3, -0.25) is 4.79 Å². The number of hydrogen-bond acceptors (Lipinski definition) is 4. The van der Waals surface area contributed by atoms with E-state index in [1.807, 2.05) is 0 Å². The molecule has 1 amide bonds. The van der Waals surface area contributed by atoms with E-state index in [1.54, 1.807) is 12.2 Å². The van der Waals surface area contributed by atoms with E-state index in [0.29, 0.717) is 6.61 Å². The first-order valence-corrected chi connectivity index (χ1v) is 6.07. The first-order chi connectivity index (χ1) is 9.84. The number of nitrogens with one attached hydrogen (secondary N) is 1. The van der Waals surface area contributed by atoms with Gasteiger partial charge in [-0.1, -0.05) is 0 Å². The van der Waals surface area contributed by atoms with Crippen LogP contribution in [0.5, 0.6) is 0 Å². The molecule has 1 N–H and O–H groups in total. The Morgan fingerprint density at radius 3 is 2.29 bits per heavy atom. The van der Waals surface area contributed by atoms with Crippen molar-refractivity contribution in [2.75, 3.05) is 25.1 Å². The summed E-state index contributed by atoms with van der Waals surface area (Å²) < 4.78 is 46.0. The van der Waals surface area contributed by atoms with Crippen molar-refractivity contribution >= 4 is 17.6 Å². The summed E-state index contributed by atoms with van der Waals surface area (Å²) in [5.41, 5.74) is 0.0969. The lowest BCUT2D eigenvalue weighted by Gasteiger charge is -2.08. The van der Waals surface area contributed by atoms with Crippen molar-refractivity contribution in [2.24, 2.45) is 0 Å². The second-order valence-corrected chi connectivity index (χ2v) is 3.86. The number of rotatable bonds is 6. The summed E-state index contributed by atoms with van der Waals surface area (Å²) in [6.45, 7) is 2.65. The number of halogens is 3. The maximum atomic E-state index is 12.0. The highest BCUT2D eigenvalue weighted by molar-refractivity contribution is 5.95. The van der Waals surface area contributed by atoms with Crippen molar-refractivity contribution in [3.8, 4) is 0 Å². The minimum atomic E-state index is -4.96. The molecule has 0 bridgehead atoms. The van der Waals surface area contributed by atoms with Gasteiger partial charge in [0.05, 0.1) is 12.2 Å². The summed E-state index contributed by atoms with van der Waals surface area (Å²) in [4.78, 5) is 22.3. The molecule has 0 atom stereocenters. The Balaban J connectivity index is 2.54. The standard InChI is InChI=1S/C13H14F3NO4/c1-2-20-7-8-21-11(18)9-3-5-10(6-4-9)17-12(19)13(14,15)16/h3-6H,2,7-8H2,1H3,(H,17,19). The van der Waals surface area contributed by atoms with Crippen LogP contribution in [0.1, 0.15) is 17.3 Å². The molecule has 0 saturated heterocycles. The molecule has 1 aromatic carbocycles. The molecule has 0 unspecified atom stereocenters. The predicted molar refractivity (Wildman–Crippen MR) is 67.9 cm³/mol. The molecule has 0 saturated carbocycles. The molecule has 0 aliphatic rings. The molecule has 1 rings (SSSR count). The van der Waals surface area contributed by atoms with Gasteiger partial charge in [0.15, 0.2) is 0 Å². The maximum absolute atomic E-state index is 12.0. The normalized spacial score (nSPS) is 11.0. The van der Waals surface area contributed by atoms with Gasteiger partial charge in [0.2, 0.25) is 0 Å². The third-order valence-electron chi connectivity index (χ3n) is 2.30. The van der Waals surface area contributed by atoms with E-state index < -0.39 is 18.1 Å². The molecule has 5 nitrogen and oxygen atoms in total. The zero-order valence-electron chi connectivity index (χ0n) is 11.2. The molecule has 0 radical (unpaired) electrons. The topological polar surface area (TPSA) is 64.6 Å². The summed E-state index contributed by atoms with van der Waals surface area (Å²) in [5.74, 6) is -2.70. The fourth-order valence-electron chi connectivity index (χ4n) is 1.31. The Hall–Kier alpha value is -2.09. The van der Waals surface area contributed by atoms with Gasteiger partial charge in [0.1, 0.15) is 6.61 Å². The number of hydrogen-bond donors (Lipinski definition) is 1. The highest BCUT2D eigenvalue weighted by atomic mass is 19.4. The highest BCUT2D eigenvalue weighted by Crippen LogP contribution is 2.18. The molecule has 0 heterocycles. The van der Waals surface area contributed by atoms with Crippen LogP contribution in [0.25, 0.3) is 0 Å². The van der Waals surface area contributed by atoms with Gasteiger partial charge in [0, 0.05) is 12.3 Å². The zero-order valence-corrected chi connectivity index (χ0v) is 11.2. The number of carbonyl (C=O) groups is 2. The molecule has 0 aliphatic heterocycles. The Bertz CT molecular complexity index is 485. The second-order valence-electron chi connectivity index (χ2n) is 3.86. The van der Waals surface area contributed by atoms with Gasteiger partial charge in [-0.25, -0.2) is 4.79 Å². The van der Waals surface area contributed by atoms with Crippen molar-refractivity contribution in [1.82, 2.24) is 0 Å². The van der Waals surface area contributed by atoms with Crippen LogP contribution in [0.3, 0.4) is 0 Å². The summed E-state index contributed by atoms with van der Waals surface area (Å²) in [5, 5.41) is 1.67. The minimum absolute atomic E-state index is 0.0665. The molecular weight excluding hydrogens is 291 g/mol. The Kier molecular flexibility index (Phi) is 6.16. The highest BCUT2D eigenvalue weighted by Gasteiger charge is 2.38. The van der Waals surface area contributed by atoms with Crippen molar-refractivity contribution in [1.29, 1.82) is 0 Å². The number of esters is 1. The van der Waals surface area contributed by atoms with Crippen LogP contribution >= 0.6 is 0 Å². The molecule has 116 valence electrons. The molecule has 21 heavy (non-hydrogen) atoms. The van der Waals surface area contributed by atoms with E-state index in [2.05, 4.69) is 0 Å². The molecule has 0 fully saturated rings. The Labute approximate surface area is 119 Å². The lowest BCUT2D eigenvalue weighted by molar-refractivity contribution is -0.167. The Morgan fingerprint density at radius 2 is 1.76 bits per heavy atom. The largest absolute Gasteiger partial charge is 0.471 e. The third-order valence-corrected chi connectivity index (χ3v) is 2.30. The average Bonchev–Trinajstić information content (AvgIpc) is 2.43. The minimum Gasteiger partial charge on any atom is -0.460 e. The third kappa shape index (κ3) is 5.82. The molecule has 0 aromatic heterocycles. The maximum Gasteiger partial charge on any atom is 0.471 e. The van der Waals surface area contributed by atoms with Crippen LogP contribution in [0.4, 0.5) is 18.9 Å². The fourth-order valence-corrected chi connectivity index (χ4v) is 1.31. The summed E-state index contributed by atoms with van der Waals surface area (Å²) in [6, 6.07) is 4.88. The summed E-state index contributed by atoms with van der Waals surface area (Å²) >= 11 is 0. The molecule has 1 aromatic rings. The first kappa shape index (κ1) is 17.0. The van der Waals surface area contributed by atoms with E-state index in [-0.39, 0.29) is 24.5 Å². The number of ether oxygens (including phenoxy) is 2. The van der Waals surface area contributed by atoms with Crippen LogP contribution in [0, 0.1) is 0 Å². The van der Waals surface area contributed by atoms with Crippen LogP contribution in [-0.2, 0) is 14.3 Å². The number of alkyl halides is 3. The van der Waals surface area contributed by atoms with Crippen molar-refractivity contribution in [2.45, 2.75) is 13.1 Å². The number of amides is 1. The quantitative estimate of drug-likeness (QED) is 0.647. The van der Waals surface area contributed by atoms with Crippen LogP contribution in [0.15, 0.2) is 24.3 Å². The summed E-state index contributed by atoms with van der Waals surface area (Å²) in [6.07, 6.45) is -4.96. The van der Waals surface area contributed by atoms with Crippen LogP contribution in [-0.4, -0.2) is 37.9 Å². The van der Waals surface area contributed by atoms with E-state index in [0.717, 1.165) is 0 Å². The Morgan fingerprint density at radius 1 is 1.14 bits per heavy atom. The first-order valence-electron chi connectivity index (χ1n) is 6.07. The SMILES string of the molecule is CCOCCOC(=O)c1ccc(NC(=O)C(F)(F)F)cc1. The van der Waals surface area contributed by atoms with Gasteiger partial charge >= 0.3 is 18.1 Å². The number of anilines is 1. The van der Waals surface area contributed by atoms with E-state index in [1.165, 1.54) is 24.3 Å². The number of carbonyl (C=O) groups excluding carboxylic acids is 2. The van der Waals surface area contributed by atoms with Gasteiger partial charge < -0.3 is 14.8 Å². The fraction of sp³-hybridized carbons (Fsp3) is 0.385. The smallest absolute Gasteiger partial charge is 0.460 e. The average molecular weight is 305 g/mol. The van der Waals surface area contributed by atoms with Crippen LogP contribution < -0.4 is 5.32 Å². The van der Waals surface area contributed by atoms with Crippen molar-refractivity contribution in [3.05, 3.63) is 29.8 Å². The molecule has 8 heteroatoms. The second kappa shape index (κ2) is 7.63. The molecule has 0 spiro atoms. The van der Waals surface area contributed by atoms with Crippen molar-refractivity contribution in [3.63, 3.8) is 0 Å². The van der Waals surface area contributed by atoms with E-state index in [4.69, 9.17) is 9.47 Å². The predicted octanol–water partition coefficient (Wildman–Crippen LogP) is 2.38. The van der Waals surface area contributed by atoms with Crippen molar-refractivity contribution < 1.29 is 32.2 Å². The monoisotopic (exact) mass is 305 g/mol. The van der Waals surface area contributed by atoms with E-state index in [9.17, 15) is 22.8 Å².